The van der Waals surface area contributed by atoms with Gasteiger partial charge < -0.3 is 10.6 Å². The highest BCUT2D eigenvalue weighted by Gasteiger charge is 2.30. The number of hydrogen-bond donors (Lipinski definition) is 2. The number of anilines is 2. The van der Waals surface area contributed by atoms with Crippen molar-refractivity contribution in [3.05, 3.63) is 59.7 Å². The average molecular weight is 349 g/mol. The fourth-order valence-electron chi connectivity index (χ4n) is 3.82. The van der Waals surface area contributed by atoms with Crippen molar-refractivity contribution < 1.29 is 9.59 Å². The van der Waals surface area contributed by atoms with Crippen molar-refractivity contribution in [1.82, 2.24) is 4.90 Å². The smallest absolute Gasteiger partial charge is 0.241 e. The van der Waals surface area contributed by atoms with E-state index >= 15 is 0 Å². The first-order chi connectivity index (χ1) is 12.7. The van der Waals surface area contributed by atoms with Crippen molar-refractivity contribution in [2.24, 2.45) is 0 Å². The molecule has 0 radical (unpaired) electrons. The Morgan fingerprint density at radius 3 is 2.85 bits per heavy atom. The molecule has 0 saturated carbocycles. The Kier molecular flexibility index (Phi) is 4.71. The lowest BCUT2D eigenvalue weighted by atomic mass is 10.0. The van der Waals surface area contributed by atoms with Crippen molar-refractivity contribution in [3.63, 3.8) is 0 Å². The van der Waals surface area contributed by atoms with Crippen LogP contribution in [0.2, 0.25) is 0 Å². The Bertz CT molecular complexity index is 819. The first-order valence-electron chi connectivity index (χ1n) is 9.21. The molecule has 4 rings (SSSR count). The van der Waals surface area contributed by atoms with Crippen molar-refractivity contribution in [1.29, 1.82) is 0 Å². The number of aryl methyl sites for hydroxylation is 1. The van der Waals surface area contributed by atoms with Gasteiger partial charge in [-0.25, -0.2) is 0 Å². The molecule has 2 aliphatic heterocycles. The molecule has 2 aromatic rings. The van der Waals surface area contributed by atoms with Gasteiger partial charge in [-0.05, 0) is 55.1 Å². The molecule has 2 aliphatic rings. The van der Waals surface area contributed by atoms with Crippen molar-refractivity contribution >= 4 is 23.2 Å². The number of benzene rings is 2. The van der Waals surface area contributed by atoms with Crippen LogP contribution in [0, 0.1) is 0 Å². The number of fused-ring (bicyclic) bond motifs is 1. The van der Waals surface area contributed by atoms with Crippen LogP contribution in [0.3, 0.4) is 0 Å². The van der Waals surface area contributed by atoms with Gasteiger partial charge in [0, 0.05) is 24.3 Å². The van der Waals surface area contributed by atoms with E-state index in [2.05, 4.69) is 27.7 Å². The number of rotatable bonds is 4. The first kappa shape index (κ1) is 16.8. The first-order valence-corrected chi connectivity index (χ1v) is 9.21. The summed E-state index contributed by atoms with van der Waals surface area (Å²) in [4.78, 5) is 26.5. The summed E-state index contributed by atoms with van der Waals surface area (Å²) >= 11 is 0. The number of carbonyl (C=O) groups excluding carboxylic acids is 2. The van der Waals surface area contributed by atoms with Gasteiger partial charge in [0.05, 0.1) is 6.04 Å². The minimum atomic E-state index is -0.0917. The van der Waals surface area contributed by atoms with Crippen LogP contribution < -0.4 is 10.6 Å². The quantitative estimate of drug-likeness (QED) is 0.891. The largest absolute Gasteiger partial charge is 0.326 e. The maximum Gasteiger partial charge on any atom is 0.241 e. The van der Waals surface area contributed by atoms with E-state index in [1.807, 2.05) is 36.4 Å². The lowest BCUT2D eigenvalue weighted by molar-refractivity contribution is -0.120. The molecule has 2 heterocycles. The zero-order chi connectivity index (χ0) is 17.9. The lowest BCUT2D eigenvalue weighted by Gasteiger charge is -2.24. The third-order valence-corrected chi connectivity index (χ3v) is 5.16. The van der Waals surface area contributed by atoms with Gasteiger partial charge in [0.1, 0.15) is 0 Å². The molecule has 0 bridgehead atoms. The van der Waals surface area contributed by atoms with E-state index in [4.69, 9.17) is 0 Å². The van der Waals surface area contributed by atoms with Crippen LogP contribution in [0.25, 0.3) is 0 Å². The van der Waals surface area contributed by atoms with Gasteiger partial charge in [-0.2, -0.15) is 0 Å². The van der Waals surface area contributed by atoms with Gasteiger partial charge >= 0.3 is 0 Å². The molecule has 1 atom stereocenters. The summed E-state index contributed by atoms with van der Waals surface area (Å²) in [7, 11) is 0. The minimum absolute atomic E-state index is 0.0526. The van der Waals surface area contributed by atoms with E-state index in [0.717, 1.165) is 42.9 Å². The van der Waals surface area contributed by atoms with E-state index in [9.17, 15) is 9.59 Å². The van der Waals surface area contributed by atoms with E-state index < -0.39 is 0 Å². The SMILES string of the molecule is O=C1CCc2cc(NC(=O)[C@H]3CCCN3Cc3ccccc3)ccc2N1. The van der Waals surface area contributed by atoms with Crippen molar-refractivity contribution in [2.45, 2.75) is 38.3 Å². The molecule has 0 aromatic heterocycles. The zero-order valence-electron chi connectivity index (χ0n) is 14.7. The maximum absolute atomic E-state index is 12.8. The number of amides is 2. The Morgan fingerprint density at radius 2 is 2.00 bits per heavy atom. The summed E-state index contributed by atoms with van der Waals surface area (Å²) in [5.41, 5.74) is 3.97. The van der Waals surface area contributed by atoms with E-state index in [1.54, 1.807) is 0 Å². The number of carbonyl (C=O) groups is 2. The zero-order valence-corrected chi connectivity index (χ0v) is 14.7. The van der Waals surface area contributed by atoms with Gasteiger partial charge in [0.25, 0.3) is 0 Å². The highest BCUT2D eigenvalue weighted by molar-refractivity contribution is 5.97. The Morgan fingerprint density at radius 1 is 1.15 bits per heavy atom. The Hall–Kier alpha value is -2.66. The molecule has 26 heavy (non-hydrogen) atoms. The second-order valence-corrected chi connectivity index (χ2v) is 7.02. The predicted molar refractivity (Wildman–Crippen MR) is 102 cm³/mol. The van der Waals surface area contributed by atoms with E-state index in [1.165, 1.54) is 5.56 Å². The monoisotopic (exact) mass is 349 g/mol. The molecular weight excluding hydrogens is 326 g/mol. The lowest BCUT2D eigenvalue weighted by Crippen LogP contribution is -2.39. The molecule has 5 nitrogen and oxygen atoms in total. The van der Waals surface area contributed by atoms with Crippen molar-refractivity contribution in [3.8, 4) is 0 Å². The third-order valence-electron chi connectivity index (χ3n) is 5.16. The molecule has 2 N–H and O–H groups in total. The molecule has 2 amide bonds. The maximum atomic E-state index is 12.8. The molecule has 0 spiro atoms. The summed E-state index contributed by atoms with van der Waals surface area (Å²) in [6.07, 6.45) is 3.15. The molecule has 0 aliphatic carbocycles. The minimum Gasteiger partial charge on any atom is -0.326 e. The molecular formula is C21H23N3O2. The van der Waals surface area contributed by atoms with Gasteiger partial charge in [-0.1, -0.05) is 30.3 Å². The number of hydrogen-bond acceptors (Lipinski definition) is 3. The van der Waals surface area contributed by atoms with Crippen LogP contribution in [-0.4, -0.2) is 29.3 Å². The van der Waals surface area contributed by atoms with Gasteiger partial charge in [0.15, 0.2) is 0 Å². The Labute approximate surface area is 153 Å². The van der Waals surface area contributed by atoms with Gasteiger partial charge in [-0.15, -0.1) is 0 Å². The topological polar surface area (TPSA) is 61.4 Å². The third kappa shape index (κ3) is 3.63. The highest BCUT2D eigenvalue weighted by atomic mass is 16.2. The second-order valence-electron chi connectivity index (χ2n) is 7.02. The summed E-state index contributed by atoms with van der Waals surface area (Å²) in [6.45, 7) is 1.75. The summed E-state index contributed by atoms with van der Waals surface area (Å²) in [5, 5.41) is 5.94. The number of likely N-dealkylation sites (tertiary alicyclic amines) is 1. The molecule has 134 valence electrons. The molecule has 2 aromatic carbocycles. The summed E-state index contributed by atoms with van der Waals surface area (Å²) in [6, 6.07) is 15.9. The van der Waals surface area contributed by atoms with Gasteiger partial charge in [-0.3, -0.25) is 14.5 Å². The van der Waals surface area contributed by atoms with Gasteiger partial charge in [0.2, 0.25) is 11.8 Å². The fraction of sp³-hybridized carbons (Fsp3) is 0.333. The fourth-order valence-corrected chi connectivity index (χ4v) is 3.82. The second kappa shape index (κ2) is 7.30. The van der Waals surface area contributed by atoms with Crippen LogP contribution in [0.5, 0.6) is 0 Å². The molecule has 0 unspecified atom stereocenters. The molecule has 5 heteroatoms. The normalized spacial score (nSPS) is 19.7. The Balaban J connectivity index is 1.43. The summed E-state index contributed by atoms with van der Waals surface area (Å²) < 4.78 is 0. The standard InChI is InChI=1S/C21H23N3O2/c25-20-11-8-16-13-17(9-10-18(16)23-20)22-21(26)19-7-4-12-24(19)14-15-5-2-1-3-6-15/h1-3,5-6,9-10,13,19H,4,7-8,11-12,14H2,(H,22,26)(H,23,25)/t19-/m1/s1. The molecule has 1 fully saturated rings. The number of nitrogens with one attached hydrogen (secondary N) is 2. The van der Waals surface area contributed by atoms with Crippen LogP contribution in [0.4, 0.5) is 11.4 Å². The van der Waals surface area contributed by atoms with Crippen LogP contribution in [0.15, 0.2) is 48.5 Å². The van der Waals surface area contributed by atoms with Crippen LogP contribution in [0.1, 0.15) is 30.4 Å². The predicted octanol–water partition coefficient (Wildman–Crippen LogP) is 3.17. The molecule has 1 saturated heterocycles. The summed E-state index contributed by atoms with van der Waals surface area (Å²) in [5.74, 6) is 0.107. The highest BCUT2D eigenvalue weighted by Crippen LogP contribution is 2.27. The average Bonchev–Trinajstić information content (AvgIpc) is 3.11. The number of nitrogens with zero attached hydrogens (tertiary/aromatic N) is 1. The van der Waals surface area contributed by atoms with E-state index in [-0.39, 0.29) is 17.9 Å². The van der Waals surface area contributed by atoms with Crippen LogP contribution >= 0.6 is 0 Å². The van der Waals surface area contributed by atoms with E-state index in [0.29, 0.717) is 12.8 Å². The van der Waals surface area contributed by atoms with Crippen LogP contribution in [-0.2, 0) is 22.6 Å². The van der Waals surface area contributed by atoms with Crippen molar-refractivity contribution in [2.75, 3.05) is 17.2 Å².